The summed E-state index contributed by atoms with van der Waals surface area (Å²) in [6, 6.07) is 13.4. The van der Waals surface area contributed by atoms with Crippen molar-refractivity contribution in [3.05, 3.63) is 71.5 Å². The van der Waals surface area contributed by atoms with Crippen LogP contribution >= 0.6 is 0 Å². The molecule has 32 heavy (non-hydrogen) atoms. The first-order valence-electron chi connectivity index (χ1n) is 10.6. The number of para-hydroxylation sites is 1. The normalized spacial score (nSPS) is 18.8. The molecular weight excluding hydrogens is 406 g/mol. The van der Waals surface area contributed by atoms with Crippen LogP contribution in [0.15, 0.2) is 54.9 Å². The number of aliphatic hydroxyl groups excluding tert-OH is 2. The number of carbonyl (C=O) groups is 1. The molecule has 5 rings (SSSR count). The van der Waals surface area contributed by atoms with Gasteiger partial charge in [0.2, 0.25) is 0 Å². The predicted molar refractivity (Wildman–Crippen MR) is 124 cm³/mol. The first-order chi connectivity index (χ1) is 15.4. The molecular formula is C25H25N3O4. The van der Waals surface area contributed by atoms with Crippen molar-refractivity contribution in [1.82, 2.24) is 14.5 Å². The van der Waals surface area contributed by atoms with Crippen molar-refractivity contribution in [3.8, 4) is 0 Å². The molecule has 7 nitrogen and oxygen atoms in total. The number of aliphatic hydroxyl groups is 2. The molecule has 1 aliphatic rings. The average molecular weight is 431 g/mol. The molecule has 0 aliphatic carbocycles. The van der Waals surface area contributed by atoms with E-state index in [0.29, 0.717) is 23.3 Å². The van der Waals surface area contributed by atoms with Crippen molar-refractivity contribution < 1.29 is 19.7 Å². The van der Waals surface area contributed by atoms with E-state index in [0.717, 1.165) is 32.9 Å². The van der Waals surface area contributed by atoms with Gasteiger partial charge in [-0.1, -0.05) is 24.3 Å². The quantitative estimate of drug-likeness (QED) is 0.433. The van der Waals surface area contributed by atoms with Crippen LogP contribution in [0, 0.1) is 0 Å². The first kappa shape index (κ1) is 20.5. The summed E-state index contributed by atoms with van der Waals surface area (Å²) < 4.78 is 9.06. The van der Waals surface area contributed by atoms with Gasteiger partial charge in [0, 0.05) is 70.6 Å². The zero-order valence-corrected chi connectivity index (χ0v) is 18.2. The second-order valence-corrected chi connectivity index (χ2v) is 8.08. The Morgan fingerprint density at radius 2 is 1.53 bits per heavy atom. The number of carbonyl (C=O) groups excluding carboxylic acids is 1. The Labute approximate surface area is 185 Å². The van der Waals surface area contributed by atoms with Crippen LogP contribution in [0.5, 0.6) is 0 Å². The van der Waals surface area contributed by atoms with Crippen LogP contribution in [0.4, 0.5) is 0 Å². The molecule has 1 aliphatic heterocycles. The Kier molecular flexibility index (Phi) is 4.89. The number of aryl methyl sites for hydroxylation is 2. The van der Waals surface area contributed by atoms with Gasteiger partial charge in [0.25, 0.3) is 0 Å². The van der Waals surface area contributed by atoms with E-state index < -0.39 is 12.5 Å². The van der Waals surface area contributed by atoms with Gasteiger partial charge in [0.1, 0.15) is 12.5 Å². The lowest BCUT2D eigenvalue weighted by molar-refractivity contribution is 0.0526. The van der Waals surface area contributed by atoms with Gasteiger partial charge in [-0.3, -0.25) is 5.32 Å². The molecule has 0 bridgehead atoms. The molecule has 0 saturated carbocycles. The van der Waals surface area contributed by atoms with E-state index in [1.807, 2.05) is 66.0 Å². The number of nitrogens with one attached hydrogen (secondary N) is 1. The summed E-state index contributed by atoms with van der Waals surface area (Å²) in [7, 11) is 3.86. The van der Waals surface area contributed by atoms with E-state index in [4.69, 9.17) is 4.74 Å². The first-order valence-corrected chi connectivity index (χ1v) is 10.6. The standard InChI is InChI=1S/C25H25N3O4/c1-4-32-25(31)14-9-10-16-18(13-28(3)20(16)11-14)22-21(23(29)26-24(22)30)17-12-27(2)19-8-6-5-7-15(17)19/h5-13,23-24,26,29-30H,4H2,1-3H3. The number of ether oxygens (including phenoxy) is 1. The van der Waals surface area contributed by atoms with Crippen LogP contribution < -0.4 is 5.32 Å². The van der Waals surface area contributed by atoms with Gasteiger partial charge in [0.15, 0.2) is 0 Å². The summed E-state index contributed by atoms with van der Waals surface area (Å²) >= 11 is 0. The summed E-state index contributed by atoms with van der Waals surface area (Å²) in [6.45, 7) is 2.09. The van der Waals surface area contributed by atoms with Crippen LogP contribution in [0.25, 0.3) is 33.0 Å². The smallest absolute Gasteiger partial charge is 0.338 e. The maximum atomic E-state index is 12.2. The number of fused-ring (bicyclic) bond motifs is 2. The molecule has 2 aromatic heterocycles. The Bertz CT molecular complexity index is 1400. The maximum absolute atomic E-state index is 12.2. The summed E-state index contributed by atoms with van der Waals surface area (Å²) in [5, 5.41) is 26.5. The number of rotatable bonds is 4. The SMILES string of the molecule is CCOC(=O)c1ccc2c(C3=C(c4cn(C)c5ccccc45)C(O)NC3O)cn(C)c2c1. The van der Waals surface area contributed by atoms with E-state index in [9.17, 15) is 15.0 Å². The molecule has 0 fully saturated rings. The third-order valence-electron chi connectivity index (χ3n) is 6.13. The third-order valence-corrected chi connectivity index (χ3v) is 6.13. The topological polar surface area (TPSA) is 88.7 Å². The van der Waals surface area contributed by atoms with Gasteiger partial charge in [-0.2, -0.15) is 0 Å². The highest BCUT2D eigenvalue weighted by Gasteiger charge is 2.35. The minimum absolute atomic E-state index is 0.312. The van der Waals surface area contributed by atoms with Gasteiger partial charge < -0.3 is 24.1 Å². The molecule has 2 aromatic carbocycles. The van der Waals surface area contributed by atoms with Crippen molar-refractivity contribution in [1.29, 1.82) is 0 Å². The van der Waals surface area contributed by atoms with Gasteiger partial charge in [0.05, 0.1) is 12.2 Å². The lowest BCUT2D eigenvalue weighted by Crippen LogP contribution is -2.31. The maximum Gasteiger partial charge on any atom is 0.338 e. The summed E-state index contributed by atoms with van der Waals surface area (Å²) in [6.07, 6.45) is 1.85. The Morgan fingerprint density at radius 1 is 0.938 bits per heavy atom. The van der Waals surface area contributed by atoms with Crippen LogP contribution in [-0.2, 0) is 18.8 Å². The zero-order chi connectivity index (χ0) is 22.6. The van der Waals surface area contributed by atoms with Crippen molar-refractivity contribution in [3.63, 3.8) is 0 Å². The summed E-state index contributed by atoms with van der Waals surface area (Å²) in [5.74, 6) is -0.370. The minimum atomic E-state index is -1.03. The van der Waals surface area contributed by atoms with Crippen LogP contribution in [0.1, 0.15) is 28.4 Å². The van der Waals surface area contributed by atoms with Crippen molar-refractivity contribution in [2.45, 2.75) is 19.4 Å². The Hall–Kier alpha value is -3.39. The molecule has 0 saturated heterocycles. The molecule has 2 unspecified atom stereocenters. The highest BCUT2D eigenvalue weighted by atomic mass is 16.5. The fraction of sp³-hybridized carbons (Fsp3) is 0.240. The molecule has 2 atom stereocenters. The fourth-order valence-corrected chi connectivity index (χ4v) is 4.69. The summed E-state index contributed by atoms with van der Waals surface area (Å²) in [4.78, 5) is 12.2. The van der Waals surface area contributed by atoms with E-state index in [1.165, 1.54) is 0 Å². The van der Waals surface area contributed by atoms with Crippen LogP contribution in [0.2, 0.25) is 0 Å². The second-order valence-electron chi connectivity index (χ2n) is 8.08. The van der Waals surface area contributed by atoms with Crippen LogP contribution in [-0.4, -0.2) is 44.4 Å². The number of benzene rings is 2. The van der Waals surface area contributed by atoms with Gasteiger partial charge in [-0.25, -0.2) is 4.79 Å². The number of aromatic nitrogens is 2. The molecule has 164 valence electrons. The van der Waals surface area contributed by atoms with E-state index >= 15 is 0 Å². The van der Waals surface area contributed by atoms with Gasteiger partial charge >= 0.3 is 5.97 Å². The number of esters is 1. The molecule has 3 heterocycles. The van der Waals surface area contributed by atoms with E-state index in [1.54, 1.807) is 19.1 Å². The van der Waals surface area contributed by atoms with Crippen LogP contribution in [0.3, 0.4) is 0 Å². The predicted octanol–water partition coefficient (Wildman–Crippen LogP) is 3.00. The lowest BCUT2D eigenvalue weighted by atomic mass is 9.94. The molecule has 0 radical (unpaired) electrons. The van der Waals surface area contributed by atoms with Gasteiger partial charge in [-0.15, -0.1) is 0 Å². The number of hydrogen-bond donors (Lipinski definition) is 3. The minimum Gasteiger partial charge on any atom is -0.462 e. The fourth-order valence-electron chi connectivity index (χ4n) is 4.69. The molecule has 7 heteroatoms. The highest BCUT2D eigenvalue weighted by Crippen LogP contribution is 2.41. The monoisotopic (exact) mass is 431 g/mol. The second kappa shape index (κ2) is 7.63. The highest BCUT2D eigenvalue weighted by molar-refractivity contribution is 6.09. The van der Waals surface area contributed by atoms with E-state index in [-0.39, 0.29) is 5.97 Å². The molecule has 3 N–H and O–H groups in total. The molecule has 0 spiro atoms. The molecule has 0 amide bonds. The lowest BCUT2D eigenvalue weighted by Gasteiger charge is -2.10. The number of hydrogen-bond acceptors (Lipinski definition) is 5. The zero-order valence-electron chi connectivity index (χ0n) is 18.2. The van der Waals surface area contributed by atoms with Crippen molar-refractivity contribution in [2.75, 3.05) is 6.61 Å². The third kappa shape index (κ3) is 3.05. The van der Waals surface area contributed by atoms with Crippen molar-refractivity contribution in [2.24, 2.45) is 14.1 Å². The largest absolute Gasteiger partial charge is 0.462 e. The Morgan fingerprint density at radius 3 is 2.19 bits per heavy atom. The summed E-state index contributed by atoms with van der Waals surface area (Å²) in [5.41, 5.74) is 5.30. The average Bonchev–Trinajstić information content (AvgIpc) is 3.38. The molecule has 4 aromatic rings. The van der Waals surface area contributed by atoms with E-state index in [2.05, 4.69) is 5.32 Å². The number of nitrogens with zero attached hydrogens (tertiary/aromatic N) is 2. The van der Waals surface area contributed by atoms with Gasteiger partial charge in [-0.05, 0) is 25.1 Å². The Balaban J connectivity index is 1.74. The van der Waals surface area contributed by atoms with Crippen molar-refractivity contribution >= 4 is 38.9 Å².